The fraction of sp³-hybridized carbons (Fsp3) is 0.200. The van der Waals surface area contributed by atoms with Crippen molar-refractivity contribution in [2.45, 2.75) is 13.5 Å². The predicted octanol–water partition coefficient (Wildman–Crippen LogP) is 3.31. The summed E-state index contributed by atoms with van der Waals surface area (Å²) < 4.78 is 12.4. The molecule has 0 fully saturated rings. The Morgan fingerprint density at radius 2 is 1.68 bits per heavy atom. The summed E-state index contributed by atoms with van der Waals surface area (Å²) in [6.45, 7) is 2.67. The topological polar surface area (TPSA) is 53.4 Å². The van der Waals surface area contributed by atoms with E-state index in [-0.39, 0.29) is 5.56 Å². The van der Waals surface area contributed by atoms with Crippen LogP contribution in [-0.4, -0.2) is 23.3 Å². The van der Waals surface area contributed by atoms with Crippen molar-refractivity contribution in [1.82, 2.24) is 9.55 Å². The highest BCUT2D eigenvalue weighted by molar-refractivity contribution is 5.58. The Hall–Kier alpha value is -3.08. The van der Waals surface area contributed by atoms with Crippen LogP contribution in [0.2, 0.25) is 0 Å². The summed E-state index contributed by atoms with van der Waals surface area (Å²) in [5, 5.41) is 0. The number of methoxy groups -OCH3 is 1. The maximum atomic E-state index is 12.4. The van der Waals surface area contributed by atoms with Crippen molar-refractivity contribution in [2.75, 3.05) is 13.7 Å². The Morgan fingerprint density at radius 1 is 1.00 bits per heavy atom. The summed E-state index contributed by atoms with van der Waals surface area (Å²) in [6.07, 6.45) is 0. The van der Waals surface area contributed by atoms with Gasteiger partial charge in [0.25, 0.3) is 5.56 Å². The van der Waals surface area contributed by atoms with Crippen molar-refractivity contribution in [2.24, 2.45) is 0 Å². The first-order chi connectivity index (χ1) is 12.2. The van der Waals surface area contributed by atoms with Crippen molar-refractivity contribution < 1.29 is 9.47 Å². The van der Waals surface area contributed by atoms with Crippen LogP contribution in [0.5, 0.6) is 11.5 Å². The molecule has 0 aliphatic heterocycles. The highest BCUT2D eigenvalue weighted by atomic mass is 16.5. The van der Waals surface area contributed by atoms with Gasteiger partial charge in [0.2, 0.25) is 0 Å². The lowest BCUT2D eigenvalue weighted by Crippen LogP contribution is -2.26. The molecule has 0 atom stereocenters. The quantitative estimate of drug-likeness (QED) is 0.693. The third kappa shape index (κ3) is 4.07. The summed E-state index contributed by atoms with van der Waals surface area (Å²) in [5.41, 5.74) is 1.55. The average Bonchev–Trinajstić information content (AvgIpc) is 2.65. The van der Waals surface area contributed by atoms with Gasteiger partial charge in [0.15, 0.2) is 0 Å². The average molecular weight is 336 g/mol. The van der Waals surface area contributed by atoms with Gasteiger partial charge >= 0.3 is 0 Å². The van der Waals surface area contributed by atoms with Crippen LogP contribution in [0, 0.1) is 6.92 Å². The van der Waals surface area contributed by atoms with Gasteiger partial charge in [-0.15, -0.1) is 0 Å². The summed E-state index contributed by atoms with van der Waals surface area (Å²) in [7, 11) is 1.62. The van der Waals surface area contributed by atoms with Crippen molar-refractivity contribution >= 4 is 0 Å². The second-order valence-electron chi connectivity index (χ2n) is 5.57. The van der Waals surface area contributed by atoms with Gasteiger partial charge < -0.3 is 9.47 Å². The van der Waals surface area contributed by atoms with E-state index in [0.717, 1.165) is 17.1 Å². The standard InChI is InChI=1S/C20H20N2O3/c1-15-21-19(16-6-4-3-5-7-16)14-20(23)22(15)12-13-25-18-10-8-17(24-2)9-11-18/h3-11,14H,12-13H2,1-2H3. The zero-order valence-electron chi connectivity index (χ0n) is 14.3. The van der Waals surface area contributed by atoms with Gasteiger partial charge in [-0.2, -0.15) is 0 Å². The Labute approximate surface area is 146 Å². The highest BCUT2D eigenvalue weighted by Gasteiger charge is 2.07. The normalized spacial score (nSPS) is 10.5. The lowest BCUT2D eigenvalue weighted by molar-refractivity contribution is 0.293. The molecule has 3 rings (SSSR count). The van der Waals surface area contributed by atoms with E-state index in [1.165, 1.54) is 0 Å². The molecule has 1 heterocycles. The van der Waals surface area contributed by atoms with Crippen LogP contribution < -0.4 is 15.0 Å². The van der Waals surface area contributed by atoms with Gasteiger partial charge in [-0.1, -0.05) is 30.3 Å². The van der Waals surface area contributed by atoms with E-state index in [2.05, 4.69) is 4.98 Å². The summed E-state index contributed by atoms with van der Waals surface area (Å²) in [6, 6.07) is 18.6. The van der Waals surface area contributed by atoms with Gasteiger partial charge in [-0.3, -0.25) is 9.36 Å². The molecule has 1 aromatic heterocycles. The molecule has 0 N–H and O–H groups in total. The lowest BCUT2D eigenvalue weighted by atomic mass is 10.1. The Morgan fingerprint density at radius 3 is 2.32 bits per heavy atom. The molecule has 0 radical (unpaired) electrons. The molecule has 25 heavy (non-hydrogen) atoms. The highest BCUT2D eigenvalue weighted by Crippen LogP contribution is 2.17. The van der Waals surface area contributed by atoms with Crippen molar-refractivity contribution in [3.8, 4) is 22.8 Å². The van der Waals surface area contributed by atoms with Crippen LogP contribution in [0.15, 0.2) is 65.5 Å². The maximum absolute atomic E-state index is 12.4. The summed E-state index contributed by atoms with van der Waals surface area (Å²) in [5.74, 6) is 2.19. The van der Waals surface area contributed by atoms with E-state index in [4.69, 9.17) is 9.47 Å². The lowest BCUT2D eigenvalue weighted by Gasteiger charge is -2.12. The van der Waals surface area contributed by atoms with E-state index in [1.807, 2.05) is 61.5 Å². The second kappa shape index (κ2) is 7.66. The Bertz CT molecular complexity index is 887. The van der Waals surface area contributed by atoms with Crippen LogP contribution >= 0.6 is 0 Å². The molecule has 3 aromatic rings. The van der Waals surface area contributed by atoms with Crippen LogP contribution in [0.4, 0.5) is 0 Å². The van der Waals surface area contributed by atoms with Crippen molar-refractivity contribution in [3.05, 3.63) is 76.8 Å². The third-order valence-corrected chi connectivity index (χ3v) is 3.91. The molecule has 0 bridgehead atoms. The first kappa shape index (κ1) is 16.8. The summed E-state index contributed by atoms with van der Waals surface area (Å²) in [4.78, 5) is 17.0. The molecule has 0 saturated carbocycles. The molecule has 0 spiro atoms. The molecule has 0 aliphatic rings. The molecule has 0 amide bonds. The molecule has 0 unspecified atom stereocenters. The molecular formula is C20H20N2O3. The number of rotatable bonds is 6. The molecular weight excluding hydrogens is 316 g/mol. The number of hydrogen-bond donors (Lipinski definition) is 0. The molecule has 2 aromatic carbocycles. The maximum Gasteiger partial charge on any atom is 0.254 e. The van der Waals surface area contributed by atoms with Gasteiger partial charge in [0.05, 0.1) is 19.3 Å². The predicted molar refractivity (Wildman–Crippen MR) is 97.2 cm³/mol. The number of aromatic nitrogens is 2. The van der Waals surface area contributed by atoms with Crippen molar-refractivity contribution in [1.29, 1.82) is 0 Å². The summed E-state index contributed by atoms with van der Waals surface area (Å²) >= 11 is 0. The molecule has 0 aliphatic carbocycles. The first-order valence-corrected chi connectivity index (χ1v) is 8.08. The van der Waals surface area contributed by atoms with Crippen LogP contribution in [0.25, 0.3) is 11.3 Å². The monoisotopic (exact) mass is 336 g/mol. The van der Waals surface area contributed by atoms with Crippen LogP contribution in [0.1, 0.15) is 5.82 Å². The minimum absolute atomic E-state index is 0.0790. The van der Waals surface area contributed by atoms with Gasteiger partial charge in [-0.25, -0.2) is 4.98 Å². The van der Waals surface area contributed by atoms with E-state index >= 15 is 0 Å². The number of hydrogen-bond acceptors (Lipinski definition) is 4. The van der Waals surface area contributed by atoms with E-state index in [0.29, 0.717) is 24.7 Å². The second-order valence-corrected chi connectivity index (χ2v) is 5.57. The fourth-order valence-electron chi connectivity index (χ4n) is 2.58. The van der Waals surface area contributed by atoms with Gasteiger partial charge in [0, 0.05) is 11.6 Å². The van der Waals surface area contributed by atoms with Gasteiger partial charge in [0.1, 0.15) is 23.9 Å². The number of ether oxygens (including phenoxy) is 2. The van der Waals surface area contributed by atoms with Crippen molar-refractivity contribution in [3.63, 3.8) is 0 Å². The van der Waals surface area contributed by atoms with Crippen LogP contribution in [0.3, 0.4) is 0 Å². The minimum Gasteiger partial charge on any atom is -0.497 e. The van der Waals surface area contributed by atoms with E-state index in [1.54, 1.807) is 17.7 Å². The zero-order chi connectivity index (χ0) is 17.6. The minimum atomic E-state index is -0.0790. The molecule has 128 valence electrons. The number of benzene rings is 2. The first-order valence-electron chi connectivity index (χ1n) is 8.08. The van der Waals surface area contributed by atoms with Crippen LogP contribution in [-0.2, 0) is 6.54 Å². The van der Waals surface area contributed by atoms with Gasteiger partial charge in [-0.05, 0) is 31.2 Å². The SMILES string of the molecule is COc1ccc(OCCn2c(C)nc(-c3ccccc3)cc2=O)cc1. The zero-order valence-corrected chi connectivity index (χ0v) is 14.3. The number of nitrogens with zero attached hydrogens (tertiary/aromatic N) is 2. The number of aryl methyl sites for hydroxylation is 1. The van der Waals surface area contributed by atoms with E-state index in [9.17, 15) is 4.79 Å². The Balaban J connectivity index is 1.69. The Kier molecular flexibility index (Phi) is 5.14. The third-order valence-electron chi connectivity index (χ3n) is 3.91. The fourth-order valence-corrected chi connectivity index (χ4v) is 2.58. The largest absolute Gasteiger partial charge is 0.497 e. The van der Waals surface area contributed by atoms with E-state index < -0.39 is 0 Å². The molecule has 5 nitrogen and oxygen atoms in total. The molecule has 0 saturated heterocycles. The molecule has 5 heteroatoms. The smallest absolute Gasteiger partial charge is 0.254 e.